The van der Waals surface area contributed by atoms with Crippen LogP contribution in [-0.2, 0) is 0 Å². The summed E-state index contributed by atoms with van der Waals surface area (Å²) in [5, 5.41) is 4.39. The molecule has 0 aliphatic carbocycles. The topological polar surface area (TPSA) is 60.2 Å². The lowest BCUT2D eigenvalue weighted by Gasteiger charge is -2.05. The van der Waals surface area contributed by atoms with E-state index >= 15 is 0 Å². The molecule has 0 unspecified atom stereocenters. The molecule has 4 rings (SSSR count). The van der Waals surface area contributed by atoms with Crippen LogP contribution in [-0.4, -0.2) is 25.4 Å². The molecule has 5 nitrogen and oxygen atoms in total. The van der Waals surface area contributed by atoms with E-state index in [1.54, 1.807) is 29.3 Å². The lowest BCUT2D eigenvalue weighted by Crippen LogP contribution is -2.03. The third-order valence-corrected chi connectivity index (χ3v) is 4.37. The smallest absolute Gasteiger partial charge is 0.198 e. The van der Waals surface area contributed by atoms with Gasteiger partial charge in [0.05, 0.1) is 17.5 Å². The van der Waals surface area contributed by atoms with Crippen LogP contribution >= 0.6 is 0 Å². The van der Waals surface area contributed by atoms with Gasteiger partial charge in [-0.05, 0) is 49.2 Å². The van der Waals surface area contributed by atoms with E-state index in [0.717, 1.165) is 22.4 Å². The maximum absolute atomic E-state index is 12.9. The van der Waals surface area contributed by atoms with Crippen molar-refractivity contribution in [3.63, 3.8) is 0 Å². The number of benzene rings is 1. The molecule has 0 saturated carbocycles. The van der Waals surface area contributed by atoms with Crippen molar-refractivity contribution in [2.45, 2.75) is 13.8 Å². The summed E-state index contributed by atoms with van der Waals surface area (Å²) in [5.74, 6) is -0.0751. The summed E-state index contributed by atoms with van der Waals surface area (Å²) in [7, 11) is 0. The van der Waals surface area contributed by atoms with Gasteiger partial charge in [-0.1, -0.05) is 12.1 Å². The molecule has 0 aliphatic rings. The number of rotatable bonds is 3. The molecule has 0 aliphatic heterocycles. The highest BCUT2D eigenvalue weighted by Crippen LogP contribution is 2.22. The summed E-state index contributed by atoms with van der Waals surface area (Å²) < 4.78 is 1.69. The Kier molecular flexibility index (Phi) is 3.61. The molecule has 4 aromatic rings. The molecule has 5 heteroatoms. The minimum Gasteiger partial charge on any atom is -0.288 e. The van der Waals surface area contributed by atoms with Gasteiger partial charge in [0.25, 0.3) is 0 Å². The number of hydrogen-bond donors (Lipinski definition) is 0. The van der Waals surface area contributed by atoms with E-state index in [1.165, 1.54) is 0 Å². The van der Waals surface area contributed by atoms with E-state index in [4.69, 9.17) is 0 Å². The van der Waals surface area contributed by atoms with Crippen LogP contribution in [0.25, 0.3) is 16.9 Å². The Bertz CT molecular complexity index is 1080. The molecular weight excluding hydrogens is 312 g/mol. The number of fused-ring (bicyclic) bond motifs is 1. The predicted molar refractivity (Wildman–Crippen MR) is 95.6 cm³/mol. The van der Waals surface area contributed by atoms with Crippen LogP contribution in [0.1, 0.15) is 27.0 Å². The average molecular weight is 328 g/mol. The number of pyridine rings is 1. The molecule has 0 fully saturated rings. The maximum atomic E-state index is 12.9. The summed E-state index contributed by atoms with van der Waals surface area (Å²) in [5.41, 5.74) is 5.70. The third kappa shape index (κ3) is 2.59. The van der Waals surface area contributed by atoms with Crippen molar-refractivity contribution in [1.29, 1.82) is 0 Å². The van der Waals surface area contributed by atoms with Crippen LogP contribution < -0.4 is 0 Å². The fourth-order valence-corrected chi connectivity index (χ4v) is 2.82. The Morgan fingerprint density at radius 3 is 2.64 bits per heavy atom. The van der Waals surface area contributed by atoms with Gasteiger partial charge in [0.2, 0.25) is 0 Å². The van der Waals surface area contributed by atoms with Crippen LogP contribution in [0.15, 0.2) is 61.2 Å². The van der Waals surface area contributed by atoms with Gasteiger partial charge >= 0.3 is 0 Å². The summed E-state index contributed by atoms with van der Waals surface area (Å²) >= 11 is 0. The number of aryl methyl sites for hydroxylation is 2. The zero-order valence-electron chi connectivity index (χ0n) is 14.0. The minimum atomic E-state index is -0.0751. The van der Waals surface area contributed by atoms with Gasteiger partial charge in [-0.2, -0.15) is 5.10 Å². The number of carbonyl (C=O) groups excluding carboxylic acids is 1. The Labute approximate surface area is 145 Å². The van der Waals surface area contributed by atoms with Crippen LogP contribution in [0.3, 0.4) is 0 Å². The Morgan fingerprint density at radius 1 is 1.00 bits per heavy atom. The van der Waals surface area contributed by atoms with Crippen molar-refractivity contribution in [3.8, 4) is 11.3 Å². The largest absolute Gasteiger partial charge is 0.288 e. The van der Waals surface area contributed by atoms with E-state index in [1.807, 2.05) is 50.2 Å². The Balaban J connectivity index is 1.84. The normalized spacial score (nSPS) is 11.0. The second-order valence-corrected chi connectivity index (χ2v) is 5.99. The Morgan fingerprint density at radius 2 is 1.88 bits per heavy atom. The number of nitrogens with zero attached hydrogens (tertiary/aromatic N) is 4. The second kappa shape index (κ2) is 5.94. The van der Waals surface area contributed by atoms with Crippen molar-refractivity contribution >= 4 is 11.4 Å². The number of ketones is 1. The second-order valence-electron chi connectivity index (χ2n) is 5.99. The van der Waals surface area contributed by atoms with Crippen molar-refractivity contribution < 1.29 is 4.79 Å². The molecule has 122 valence electrons. The number of hydrogen-bond acceptors (Lipinski definition) is 4. The third-order valence-electron chi connectivity index (χ3n) is 4.37. The number of carbonyl (C=O) groups is 1. The van der Waals surface area contributed by atoms with Crippen LogP contribution in [0.4, 0.5) is 0 Å². The van der Waals surface area contributed by atoms with Crippen molar-refractivity contribution in [2.75, 3.05) is 0 Å². The van der Waals surface area contributed by atoms with Gasteiger partial charge in [0, 0.05) is 29.7 Å². The van der Waals surface area contributed by atoms with E-state index < -0.39 is 0 Å². The van der Waals surface area contributed by atoms with E-state index in [9.17, 15) is 4.79 Å². The number of aromatic nitrogens is 4. The first-order valence-electron chi connectivity index (χ1n) is 8.00. The maximum Gasteiger partial charge on any atom is 0.198 e. The van der Waals surface area contributed by atoms with Crippen molar-refractivity contribution in [1.82, 2.24) is 19.6 Å². The fourth-order valence-electron chi connectivity index (χ4n) is 2.82. The molecule has 0 atom stereocenters. The zero-order valence-corrected chi connectivity index (χ0v) is 14.0. The molecular formula is C20H16N4O. The van der Waals surface area contributed by atoms with E-state index in [-0.39, 0.29) is 5.78 Å². The molecule has 3 heterocycles. The molecule has 0 radical (unpaired) electrons. The molecule has 0 amide bonds. The van der Waals surface area contributed by atoms with Gasteiger partial charge in [0.15, 0.2) is 11.4 Å². The first-order valence-corrected chi connectivity index (χ1v) is 8.00. The summed E-state index contributed by atoms with van der Waals surface area (Å²) in [6.45, 7) is 4.03. The average Bonchev–Trinajstić information content (AvgIpc) is 3.08. The van der Waals surface area contributed by atoms with Gasteiger partial charge in [-0.15, -0.1) is 0 Å². The molecule has 0 spiro atoms. The summed E-state index contributed by atoms with van der Waals surface area (Å²) in [6, 6.07) is 11.4. The van der Waals surface area contributed by atoms with Crippen molar-refractivity contribution in [3.05, 3.63) is 83.4 Å². The quantitative estimate of drug-likeness (QED) is 0.539. The zero-order chi connectivity index (χ0) is 17.4. The van der Waals surface area contributed by atoms with Gasteiger partial charge < -0.3 is 0 Å². The highest BCUT2D eigenvalue weighted by Gasteiger charge is 2.18. The Hall–Kier alpha value is -3.34. The fraction of sp³-hybridized carbons (Fsp3) is 0.100. The highest BCUT2D eigenvalue weighted by atomic mass is 16.1. The SMILES string of the molecule is Cc1ccc(C(=O)c2cnn3c(-c4cccnc4)ccnc23)cc1C. The lowest BCUT2D eigenvalue weighted by molar-refractivity contribution is 0.104. The lowest BCUT2D eigenvalue weighted by atomic mass is 10.0. The van der Waals surface area contributed by atoms with Crippen LogP contribution in [0.5, 0.6) is 0 Å². The van der Waals surface area contributed by atoms with Gasteiger partial charge in [-0.25, -0.2) is 9.50 Å². The molecule has 0 saturated heterocycles. The standard InChI is InChI=1S/C20H16N4O/c1-13-5-6-15(10-14(13)2)19(25)17-12-23-24-18(7-9-22-20(17)24)16-4-3-8-21-11-16/h3-12H,1-2H3. The minimum absolute atomic E-state index is 0.0751. The van der Waals surface area contributed by atoms with E-state index in [0.29, 0.717) is 16.8 Å². The van der Waals surface area contributed by atoms with E-state index in [2.05, 4.69) is 15.1 Å². The molecule has 25 heavy (non-hydrogen) atoms. The van der Waals surface area contributed by atoms with Gasteiger partial charge in [-0.3, -0.25) is 9.78 Å². The van der Waals surface area contributed by atoms with Crippen LogP contribution in [0.2, 0.25) is 0 Å². The molecule has 0 N–H and O–H groups in total. The summed E-state index contributed by atoms with van der Waals surface area (Å²) in [6.07, 6.45) is 6.76. The first kappa shape index (κ1) is 15.2. The summed E-state index contributed by atoms with van der Waals surface area (Å²) in [4.78, 5) is 21.4. The van der Waals surface area contributed by atoms with Crippen molar-refractivity contribution in [2.24, 2.45) is 0 Å². The van der Waals surface area contributed by atoms with Crippen LogP contribution in [0, 0.1) is 13.8 Å². The predicted octanol–water partition coefficient (Wildman–Crippen LogP) is 3.64. The molecule has 0 bridgehead atoms. The molecule has 3 aromatic heterocycles. The highest BCUT2D eigenvalue weighted by molar-refractivity contribution is 6.12. The monoisotopic (exact) mass is 328 g/mol. The molecule has 1 aromatic carbocycles. The first-order chi connectivity index (χ1) is 12.1. The van der Waals surface area contributed by atoms with Gasteiger partial charge in [0.1, 0.15) is 0 Å².